The van der Waals surface area contributed by atoms with Gasteiger partial charge >= 0.3 is 0 Å². The molecule has 4 nitrogen and oxygen atoms in total. The van der Waals surface area contributed by atoms with Gasteiger partial charge in [-0.15, -0.1) is 5.10 Å². The summed E-state index contributed by atoms with van der Waals surface area (Å²) in [6, 6.07) is 1.17. The summed E-state index contributed by atoms with van der Waals surface area (Å²) >= 11 is 7.34. The third kappa shape index (κ3) is 3.16. The number of nitrogens with zero attached hydrogens (tertiary/aromatic N) is 3. The zero-order valence-electron chi connectivity index (χ0n) is 10.3. The molecule has 2 unspecified atom stereocenters. The third-order valence-electron chi connectivity index (χ3n) is 3.44. The molecule has 0 aliphatic carbocycles. The highest BCUT2D eigenvalue weighted by Gasteiger charge is 2.26. The number of piperazine rings is 1. The molecule has 96 valence electrons. The first-order valence-electron chi connectivity index (χ1n) is 6.18. The van der Waals surface area contributed by atoms with Crippen molar-refractivity contribution >= 4 is 23.1 Å². The lowest BCUT2D eigenvalue weighted by Gasteiger charge is -2.39. The molecule has 0 saturated carbocycles. The first-order chi connectivity index (χ1) is 8.24. The summed E-state index contributed by atoms with van der Waals surface area (Å²) in [6.07, 6.45) is 2.31. The Labute approximate surface area is 112 Å². The van der Waals surface area contributed by atoms with Crippen LogP contribution in [-0.4, -0.2) is 39.7 Å². The van der Waals surface area contributed by atoms with Crippen molar-refractivity contribution in [3.8, 4) is 0 Å². The molecule has 1 fully saturated rings. The van der Waals surface area contributed by atoms with Crippen LogP contribution >= 0.6 is 23.1 Å². The largest absolute Gasteiger partial charge is 0.311 e. The zero-order valence-corrected chi connectivity index (χ0v) is 11.9. The summed E-state index contributed by atoms with van der Waals surface area (Å²) in [5.74, 6) is 0. The normalized spacial score (nSPS) is 26.3. The van der Waals surface area contributed by atoms with E-state index < -0.39 is 0 Å². The van der Waals surface area contributed by atoms with E-state index in [1.165, 1.54) is 11.5 Å². The van der Waals surface area contributed by atoms with Crippen LogP contribution in [0.1, 0.15) is 32.4 Å². The van der Waals surface area contributed by atoms with Crippen LogP contribution in [0.2, 0.25) is 4.34 Å². The van der Waals surface area contributed by atoms with Crippen molar-refractivity contribution in [2.45, 2.75) is 45.3 Å². The molecule has 0 radical (unpaired) electrons. The van der Waals surface area contributed by atoms with Gasteiger partial charge in [-0.05, 0) is 12.8 Å². The van der Waals surface area contributed by atoms with Gasteiger partial charge in [0, 0.05) is 43.3 Å². The van der Waals surface area contributed by atoms with Crippen LogP contribution in [0.25, 0.3) is 0 Å². The minimum Gasteiger partial charge on any atom is -0.311 e. The van der Waals surface area contributed by atoms with Gasteiger partial charge in [-0.3, -0.25) is 4.90 Å². The Morgan fingerprint density at radius 1 is 1.47 bits per heavy atom. The average molecular weight is 275 g/mol. The Morgan fingerprint density at radius 3 is 2.88 bits per heavy atom. The summed E-state index contributed by atoms with van der Waals surface area (Å²) < 4.78 is 4.62. The second-order valence-corrected chi connectivity index (χ2v) is 5.85. The molecular weight excluding hydrogens is 256 g/mol. The van der Waals surface area contributed by atoms with Crippen LogP contribution in [0.15, 0.2) is 0 Å². The Bertz CT molecular complexity index is 357. The molecule has 1 saturated heterocycles. The second-order valence-electron chi connectivity index (χ2n) is 4.50. The fourth-order valence-corrected chi connectivity index (χ4v) is 2.89. The molecule has 0 spiro atoms. The Balaban J connectivity index is 2.03. The Morgan fingerprint density at radius 2 is 2.29 bits per heavy atom. The SMILES string of the molecule is CCC1CN(Cc2nnsc2Cl)C(CC)CN1. The molecule has 0 amide bonds. The molecule has 0 aromatic carbocycles. The summed E-state index contributed by atoms with van der Waals surface area (Å²) in [6.45, 7) is 7.41. The quantitative estimate of drug-likeness (QED) is 0.914. The van der Waals surface area contributed by atoms with E-state index in [0.29, 0.717) is 12.1 Å². The van der Waals surface area contributed by atoms with E-state index in [-0.39, 0.29) is 0 Å². The summed E-state index contributed by atoms with van der Waals surface area (Å²) in [4.78, 5) is 2.48. The minimum absolute atomic E-state index is 0.579. The van der Waals surface area contributed by atoms with Gasteiger partial charge in [-0.25, -0.2) is 0 Å². The number of rotatable bonds is 4. The number of aromatic nitrogens is 2. The monoisotopic (exact) mass is 274 g/mol. The molecule has 1 aliphatic rings. The smallest absolute Gasteiger partial charge is 0.138 e. The third-order valence-corrected chi connectivity index (χ3v) is 4.42. The lowest BCUT2D eigenvalue weighted by Crippen LogP contribution is -2.55. The molecule has 2 heterocycles. The van der Waals surface area contributed by atoms with Crippen LogP contribution in [0.5, 0.6) is 0 Å². The minimum atomic E-state index is 0.579. The summed E-state index contributed by atoms with van der Waals surface area (Å²) in [7, 11) is 0. The van der Waals surface area contributed by atoms with Crippen LogP contribution in [0, 0.1) is 0 Å². The van der Waals surface area contributed by atoms with Gasteiger partial charge in [0.1, 0.15) is 10.0 Å². The Hall–Kier alpha value is -0.230. The molecular formula is C11H19ClN4S. The molecule has 1 aromatic rings. The lowest BCUT2D eigenvalue weighted by molar-refractivity contribution is 0.116. The average Bonchev–Trinajstić information content (AvgIpc) is 2.75. The number of halogens is 1. The van der Waals surface area contributed by atoms with Crippen molar-refractivity contribution in [1.82, 2.24) is 19.8 Å². The van der Waals surface area contributed by atoms with Crippen molar-refractivity contribution < 1.29 is 0 Å². The van der Waals surface area contributed by atoms with Gasteiger partial charge in [0.2, 0.25) is 0 Å². The maximum absolute atomic E-state index is 6.07. The van der Waals surface area contributed by atoms with Gasteiger partial charge < -0.3 is 5.32 Å². The molecule has 1 aliphatic heterocycles. The van der Waals surface area contributed by atoms with Gasteiger partial charge in [-0.2, -0.15) is 0 Å². The molecule has 2 atom stereocenters. The van der Waals surface area contributed by atoms with E-state index in [1.807, 2.05) is 0 Å². The summed E-state index contributed by atoms with van der Waals surface area (Å²) in [5, 5.41) is 7.69. The second kappa shape index (κ2) is 6.09. The predicted octanol–water partition coefficient (Wildman–Crippen LogP) is 2.15. The zero-order chi connectivity index (χ0) is 12.3. The van der Waals surface area contributed by atoms with Crippen LogP contribution in [0.3, 0.4) is 0 Å². The maximum Gasteiger partial charge on any atom is 0.138 e. The van der Waals surface area contributed by atoms with Gasteiger partial charge in [-0.1, -0.05) is 29.9 Å². The van der Waals surface area contributed by atoms with Gasteiger partial charge in [0.15, 0.2) is 0 Å². The van der Waals surface area contributed by atoms with Gasteiger partial charge in [0.05, 0.1) is 0 Å². The first kappa shape index (κ1) is 13.2. The van der Waals surface area contributed by atoms with Crippen LogP contribution < -0.4 is 5.32 Å². The van der Waals surface area contributed by atoms with E-state index in [0.717, 1.165) is 42.5 Å². The maximum atomic E-state index is 6.07. The van der Waals surface area contributed by atoms with Crippen molar-refractivity contribution in [2.75, 3.05) is 13.1 Å². The lowest BCUT2D eigenvalue weighted by atomic mass is 10.1. The van der Waals surface area contributed by atoms with Gasteiger partial charge in [0.25, 0.3) is 0 Å². The fourth-order valence-electron chi connectivity index (χ4n) is 2.28. The van der Waals surface area contributed by atoms with Crippen molar-refractivity contribution in [1.29, 1.82) is 0 Å². The predicted molar refractivity (Wildman–Crippen MR) is 71.5 cm³/mol. The molecule has 1 N–H and O–H groups in total. The summed E-state index contributed by atoms with van der Waals surface area (Å²) in [5.41, 5.74) is 0.923. The standard InChI is InChI=1S/C11H19ClN4S/c1-3-8-6-16(9(4-2)5-13-8)7-10-11(12)17-15-14-10/h8-9,13H,3-7H2,1-2H3. The Kier molecular flexibility index (Phi) is 4.73. The molecule has 0 bridgehead atoms. The highest BCUT2D eigenvalue weighted by atomic mass is 35.5. The van der Waals surface area contributed by atoms with Crippen molar-refractivity contribution in [2.24, 2.45) is 0 Å². The number of hydrogen-bond acceptors (Lipinski definition) is 5. The molecule has 2 rings (SSSR count). The van der Waals surface area contributed by atoms with E-state index in [1.54, 1.807) is 0 Å². The van der Waals surface area contributed by atoms with E-state index in [9.17, 15) is 0 Å². The van der Waals surface area contributed by atoms with Crippen LogP contribution in [-0.2, 0) is 6.54 Å². The van der Waals surface area contributed by atoms with Crippen molar-refractivity contribution in [3.63, 3.8) is 0 Å². The molecule has 6 heteroatoms. The van der Waals surface area contributed by atoms with Crippen LogP contribution in [0.4, 0.5) is 0 Å². The van der Waals surface area contributed by atoms with E-state index >= 15 is 0 Å². The molecule has 17 heavy (non-hydrogen) atoms. The van der Waals surface area contributed by atoms with E-state index in [2.05, 4.69) is 33.7 Å². The first-order valence-corrected chi connectivity index (χ1v) is 7.33. The number of hydrogen-bond donors (Lipinski definition) is 1. The van der Waals surface area contributed by atoms with Crippen molar-refractivity contribution in [3.05, 3.63) is 10.0 Å². The highest BCUT2D eigenvalue weighted by Crippen LogP contribution is 2.22. The highest BCUT2D eigenvalue weighted by molar-refractivity contribution is 7.10. The number of nitrogens with one attached hydrogen (secondary N) is 1. The molecule has 1 aromatic heterocycles. The topological polar surface area (TPSA) is 41.1 Å². The van der Waals surface area contributed by atoms with E-state index in [4.69, 9.17) is 11.6 Å². The fraction of sp³-hybridized carbons (Fsp3) is 0.818.